The van der Waals surface area contributed by atoms with Gasteiger partial charge in [-0.15, -0.1) is 0 Å². The SMILES string of the molecule is COC(=O)[C@H](Cc1ccc(-c2ccccc2N)cc1)NC(=O)c1c(Cl)cccc1Cl.O=C(O)C(F)(F)F. The van der Waals surface area contributed by atoms with Crippen LogP contribution in [0.4, 0.5) is 18.9 Å². The van der Waals surface area contributed by atoms with Crippen LogP contribution in [0.5, 0.6) is 0 Å². The number of hydrogen-bond acceptors (Lipinski definition) is 5. The molecule has 1 atom stereocenters. The molecule has 3 aromatic carbocycles. The molecule has 0 fully saturated rings. The van der Waals surface area contributed by atoms with Crippen LogP contribution in [0.15, 0.2) is 66.7 Å². The molecule has 7 nitrogen and oxygen atoms in total. The van der Waals surface area contributed by atoms with E-state index in [4.69, 9.17) is 43.6 Å². The number of aliphatic carboxylic acids is 1. The molecular formula is C25H21Cl2F3N2O5. The first-order chi connectivity index (χ1) is 17.3. The largest absolute Gasteiger partial charge is 0.490 e. The van der Waals surface area contributed by atoms with E-state index >= 15 is 0 Å². The standard InChI is InChI=1S/C23H20Cl2N2O3.C2HF3O2/c1-30-23(29)20(27-22(28)21-17(24)6-4-7-18(21)25)13-14-9-11-15(12-10-14)16-5-2-3-8-19(16)26;3-2(4,5)1(6)7/h2-12,20H,13,26H2,1H3,(H,27,28);(H,6,7)/t20-;/m0./s1. The highest BCUT2D eigenvalue weighted by Crippen LogP contribution is 2.26. The molecule has 0 saturated heterocycles. The highest BCUT2D eigenvalue weighted by atomic mass is 35.5. The summed E-state index contributed by atoms with van der Waals surface area (Å²) in [6.45, 7) is 0. The molecule has 196 valence electrons. The number of nitrogens with one attached hydrogen (secondary N) is 1. The lowest BCUT2D eigenvalue weighted by molar-refractivity contribution is -0.192. The minimum atomic E-state index is -5.08. The van der Waals surface area contributed by atoms with E-state index in [2.05, 4.69) is 5.32 Å². The number of halogens is 5. The van der Waals surface area contributed by atoms with Gasteiger partial charge in [0.15, 0.2) is 0 Å². The third-order valence-corrected chi connectivity index (χ3v) is 5.52. The topological polar surface area (TPSA) is 119 Å². The van der Waals surface area contributed by atoms with Crippen LogP contribution in [0.3, 0.4) is 0 Å². The molecule has 3 aromatic rings. The predicted molar refractivity (Wildman–Crippen MR) is 133 cm³/mol. The minimum Gasteiger partial charge on any atom is -0.475 e. The smallest absolute Gasteiger partial charge is 0.475 e. The number of benzene rings is 3. The fraction of sp³-hybridized carbons (Fsp3) is 0.160. The number of rotatable bonds is 6. The van der Waals surface area contributed by atoms with Crippen LogP contribution in [0.25, 0.3) is 11.1 Å². The molecule has 12 heteroatoms. The van der Waals surface area contributed by atoms with Crippen LogP contribution < -0.4 is 11.1 Å². The number of anilines is 1. The van der Waals surface area contributed by atoms with Gasteiger partial charge in [0.25, 0.3) is 5.91 Å². The Morgan fingerprint density at radius 2 is 1.51 bits per heavy atom. The Labute approximate surface area is 219 Å². The predicted octanol–water partition coefficient (Wildman–Crippen LogP) is 5.39. The summed E-state index contributed by atoms with van der Waals surface area (Å²) in [5, 5.41) is 10.2. The van der Waals surface area contributed by atoms with Crippen molar-refractivity contribution < 1.29 is 37.4 Å². The Kier molecular flexibility index (Phi) is 10.3. The monoisotopic (exact) mass is 556 g/mol. The van der Waals surface area contributed by atoms with Crippen LogP contribution in [0.2, 0.25) is 10.0 Å². The molecule has 37 heavy (non-hydrogen) atoms. The Morgan fingerprint density at radius 3 is 2.00 bits per heavy atom. The zero-order valence-electron chi connectivity index (χ0n) is 19.2. The lowest BCUT2D eigenvalue weighted by Crippen LogP contribution is -2.43. The van der Waals surface area contributed by atoms with E-state index in [1.54, 1.807) is 18.2 Å². The van der Waals surface area contributed by atoms with Crippen molar-refractivity contribution in [3.63, 3.8) is 0 Å². The van der Waals surface area contributed by atoms with Crippen LogP contribution in [-0.2, 0) is 20.7 Å². The Balaban J connectivity index is 0.000000604. The van der Waals surface area contributed by atoms with Crippen LogP contribution in [-0.4, -0.2) is 42.3 Å². The quantitative estimate of drug-likeness (QED) is 0.276. The molecule has 0 unspecified atom stereocenters. The van der Waals surface area contributed by atoms with E-state index in [-0.39, 0.29) is 22.0 Å². The molecule has 0 aromatic heterocycles. The number of nitrogen functional groups attached to an aromatic ring is 1. The van der Waals surface area contributed by atoms with Crippen molar-refractivity contribution in [3.8, 4) is 11.1 Å². The van der Waals surface area contributed by atoms with Gasteiger partial charge >= 0.3 is 18.1 Å². The average molecular weight is 557 g/mol. The minimum absolute atomic E-state index is 0.115. The Hall–Kier alpha value is -3.76. The second kappa shape index (κ2) is 13.0. The first kappa shape index (κ1) is 29.5. The van der Waals surface area contributed by atoms with E-state index < -0.39 is 30.1 Å². The van der Waals surface area contributed by atoms with Crippen molar-refractivity contribution in [2.24, 2.45) is 0 Å². The summed E-state index contributed by atoms with van der Waals surface area (Å²) in [7, 11) is 1.27. The second-order valence-corrected chi connectivity index (χ2v) is 8.25. The summed E-state index contributed by atoms with van der Waals surface area (Å²) in [4.78, 5) is 33.8. The maximum Gasteiger partial charge on any atom is 0.490 e. The van der Waals surface area contributed by atoms with Crippen molar-refractivity contribution in [2.75, 3.05) is 12.8 Å². The number of methoxy groups -OCH3 is 1. The number of carbonyl (C=O) groups excluding carboxylic acids is 2. The van der Waals surface area contributed by atoms with Crippen LogP contribution in [0.1, 0.15) is 15.9 Å². The van der Waals surface area contributed by atoms with Gasteiger partial charge in [-0.25, -0.2) is 9.59 Å². The van der Waals surface area contributed by atoms with E-state index in [0.717, 1.165) is 16.7 Å². The van der Waals surface area contributed by atoms with Gasteiger partial charge in [0, 0.05) is 17.7 Å². The molecule has 0 aliphatic carbocycles. The van der Waals surface area contributed by atoms with Crippen LogP contribution >= 0.6 is 23.2 Å². The van der Waals surface area contributed by atoms with E-state index in [0.29, 0.717) is 5.69 Å². The lowest BCUT2D eigenvalue weighted by atomic mass is 9.99. The van der Waals surface area contributed by atoms with Gasteiger partial charge in [-0.05, 0) is 29.3 Å². The zero-order chi connectivity index (χ0) is 27.8. The maximum absolute atomic E-state index is 12.7. The fourth-order valence-corrected chi connectivity index (χ4v) is 3.67. The number of esters is 1. The van der Waals surface area contributed by atoms with Gasteiger partial charge in [-0.3, -0.25) is 4.79 Å². The summed E-state index contributed by atoms with van der Waals surface area (Å²) in [5.74, 6) is -3.87. The lowest BCUT2D eigenvalue weighted by Gasteiger charge is -2.18. The van der Waals surface area contributed by atoms with Crippen LogP contribution in [0, 0.1) is 0 Å². The third kappa shape index (κ3) is 8.40. The molecule has 0 spiro atoms. The Bertz CT molecular complexity index is 1250. The summed E-state index contributed by atoms with van der Waals surface area (Å²) >= 11 is 12.2. The summed E-state index contributed by atoms with van der Waals surface area (Å²) in [6.07, 6.45) is -4.84. The molecule has 0 aliphatic heterocycles. The van der Waals surface area contributed by atoms with Crippen molar-refractivity contribution in [1.82, 2.24) is 5.32 Å². The number of amides is 1. The first-order valence-corrected chi connectivity index (χ1v) is 11.2. The number of hydrogen-bond donors (Lipinski definition) is 3. The summed E-state index contributed by atoms with van der Waals surface area (Å²) < 4.78 is 36.6. The van der Waals surface area contributed by atoms with Crippen molar-refractivity contribution >= 4 is 46.7 Å². The van der Waals surface area contributed by atoms with Gasteiger partial charge in [-0.1, -0.05) is 71.7 Å². The van der Waals surface area contributed by atoms with E-state index in [1.807, 2.05) is 48.5 Å². The highest BCUT2D eigenvalue weighted by Gasteiger charge is 2.38. The van der Waals surface area contributed by atoms with E-state index in [9.17, 15) is 22.8 Å². The van der Waals surface area contributed by atoms with Gasteiger partial charge in [-0.2, -0.15) is 13.2 Å². The molecule has 0 heterocycles. The van der Waals surface area contributed by atoms with Gasteiger partial charge in [0.1, 0.15) is 6.04 Å². The zero-order valence-corrected chi connectivity index (χ0v) is 20.7. The molecule has 0 bridgehead atoms. The molecule has 4 N–H and O–H groups in total. The van der Waals surface area contributed by atoms with Gasteiger partial charge in [0.2, 0.25) is 0 Å². The molecule has 1 amide bonds. The molecular weight excluding hydrogens is 536 g/mol. The van der Waals surface area contributed by atoms with Crippen molar-refractivity contribution in [2.45, 2.75) is 18.6 Å². The molecule has 0 saturated carbocycles. The molecule has 3 rings (SSSR count). The number of nitrogens with two attached hydrogens (primary N) is 1. The fourth-order valence-electron chi connectivity index (χ4n) is 3.10. The van der Waals surface area contributed by atoms with Crippen molar-refractivity contribution in [1.29, 1.82) is 0 Å². The number of carboxylic acid groups (broad SMARTS) is 1. The summed E-state index contributed by atoms with van der Waals surface area (Å²) in [6, 6.07) is 19.0. The second-order valence-electron chi connectivity index (χ2n) is 7.44. The van der Waals surface area contributed by atoms with E-state index in [1.165, 1.54) is 7.11 Å². The number of alkyl halides is 3. The third-order valence-electron chi connectivity index (χ3n) is 4.89. The van der Waals surface area contributed by atoms with Crippen molar-refractivity contribution in [3.05, 3.63) is 87.9 Å². The Morgan fingerprint density at radius 1 is 0.973 bits per heavy atom. The molecule has 0 radical (unpaired) electrons. The van der Waals surface area contributed by atoms with Gasteiger partial charge < -0.3 is 20.9 Å². The number of para-hydroxylation sites is 1. The highest BCUT2D eigenvalue weighted by molar-refractivity contribution is 6.39. The average Bonchev–Trinajstić information content (AvgIpc) is 2.83. The number of carbonyl (C=O) groups is 3. The first-order valence-electron chi connectivity index (χ1n) is 10.4. The maximum atomic E-state index is 12.7. The normalized spacial score (nSPS) is 11.5. The number of ether oxygens (including phenoxy) is 1. The number of carboxylic acids is 1. The van der Waals surface area contributed by atoms with Gasteiger partial charge in [0.05, 0.1) is 22.7 Å². The summed E-state index contributed by atoms with van der Waals surface area (Å²) in [5.41, 5.74) is 9.56. The molecule has 0 aliphatic rings.